The number of Topliss-reactive ketones (excluding diaryl/α,β-unsaturated/α-hetero) is 1. The van der Waals surface area contributed by atoms with Crippen molar-refractivity contribution >= 4 is 5.78 Å². The van der Waals surface area contributed by atoms with Gasteiger partial charge in [-0.2, -0.15) is 0 Å². The fourth-order valence-electron chi connectivity index (χ4n) is 0.922. The maximum absolute atomic E-state index is 10.9. The number of hydrogen-bond donors (Lipinski definition) is 0. The lowest BCUT2D eigenvalue weighted by atomic mass is 10.1. The van der Waals surface area contributed by atoms with E-state index in [0.717, 1.165) is 5.57 Å². The molecule has 74 valence electrons. The second kappa shape index (κ2) is 8.98. The van der Waals surface area contributed by atoms with Crippen LogP contribution in [0.4, 0.5) is 0 Å². The highest BCUT2D eigenvalue weighted by Crippen LogP contribution is 2.07. The first-order valence-corrected chi connectivity index (χ1v) is 4.60. The molecule has 0 atom stereocenters. The van der Waals surface area contributed by atoms with Crippen molar-refractivity contribution in [2.24, 2.45) is 0 Å². The summed E-state index contributed by atoms with van der Waals surface area (Å²) in [5, 5.41) is 0. The van der Waals surface area contributed by atoms with Crippen LogP contribution in [0, 0.1) is 0 Å². The van der Waals surface area contributed by atoms with Crippen molar-refractivity contribution < 1.29 is 4.79 Å². The molecule has 0 rings (SSSR count). The van der Waals surface area contributed by atoms with Crippen LogP contribution in [-0.4, -0.2) is 5.78 Å². The molecule has 0 saturated heterocycles. The van der Waals surface area contributed by atoms with Gasteiger partial charge in [0.15, 0.2) is 5.78 Å². The van der Waals surface area contributed by atoms with Crippen molar-refractivity contribution in [3.05, 3.63) is 36.0 Å². The van der Waals surface area contributed by atoms with Crippen LogP contribution in [0.25, 0.3) is 0 Å². The molecule has 0 bridgehead atoms. The lowest BCUT2D eigenvalue weighted by Gasteiger charge is -1.98. The first-order valence-electron chi connectivity index (χ1n) is 4.60. The Morgan fingerprint density at radius 2 is 1.69 bits per heavy atom. The number of carbonyl (C=O) groups is 1. The van der Waals surface area contributed by atoms with Crippen molar-refractivity contribution in [1.82, 2.24) is 0 Å². The number of hydrogen-bond acceptors (Lipinski definition) is 1. The Balaban J connectivity index is 0. The third-order valence-electron chi connectivity index (χ3n) is 1.42. The summed E-state index contributed by atoms with van der Waals surface area (Å²) in [6, 6.07) is 0. The SMILES string of the molecule is C=C/C(C(C)=O)=C(C)\C=C/C.CC. The van der Waals surface area contributed by atoms with Gasteiger partial charge in [0, 0.05) is 5.57 Å². The summed E-state index contributed by atoms with van der Waals surface area (Å²) >= 11 is 0. The van der Waals surface area contributed by atoms with Gasteiger partial charge in [-0.05, 0) is 26.3 Å². The minimum atomic E-state index is 0.0654. The van der Waals surface area contributed by atoms with Gasteiger partial charge in [0.2, 0.25) is 0 Å². The molecule has 1 heteroatoms. The zero-order valence-electron chi connectivity index (χ0n) is 9.35. The van der Waals surface area contributed by atoms with E-state index < -0.39 is 0 Å². The summed E-state index contributed by atoms with van der Waals surface area (Å²) in [4.78, 5) is 10.9. The van der Waals surface area contributed by atoms with Gasteiger partial charge in [-0.3, -0.25) is 4.79 Å². The van der Waals surface area contributed by atoms with Crippen LogP contribution < -0.4 is 0 Å². The van der Waals surface area contributed by atoms with E-state index in [9.17, 15) is 4.79 Å². The molecule has 0 spiro atoms. The molecule has 0 aromatic heterocycles. The van der Waals surface area contributed by atoms with E-state index in [1.165, 1.54) is 0 Å². The molecule has 0 radical (unpaired) electrons. The normalized spacial score (nSPS) is 11.5. The molecular formula is C12H20O. The lowest BCUT2D eigenvalue weighted by molar-refractivity contribution is -0.113. The van der Waals surface area contributed by atoms with Crippen LogP contribution in [0.5, 0.6) is 0 Å². The predicted octanol–water partition coefficient (Wildman–Crippen LogP) is 3.68. The summed E-state index contributed by atoms with van der Waals surface area (Å²) in [5.74, 6) is 0.0654. The van der Waals surface area contributed by atoms with Gasteiger partial charge in [-0.15, -0.1) is 0 Å². The Labute approximate surface area is 81.9 Å². The van der Waals surface area contributed by atoms with Crippen molar-refractivity contribution in [2.75, 3.05) is 0 Å². The van der Waals surface area contributed by atoms with Gasteiger partial charge in [-0.25, -0.2) is 0 Å². The summed E-state index contributed by atoms with van der Waals surface area (Å²) < 4.78 is 0. The molecule has 0 aliphatic carbocycles. The average Bonchev–Trinajstić information content (AvgIpc) is 2.09. The third-order valence-corrected chi connectivity index (χ3v) is 1.42. The second-order valence-corrected chi connectivity index (χ2v) is 2.36. The predicted molar refractivity (Wildman–Crippen MR) is 59.7 cm³/mol. The van der Waals surface area contributed by atoms with Gasteiger partial charge in [-0.1, -0.05) is 38.7 Å². The van der Waals surface area contributed by atoms with E-state index in [0.29, 0.717) is 5.57 Å². The number of rotatable bonds is 3. The van der Waals surface area contributed by atoms with Gasteiger partial charge in [0.25, 0.3) is 0 Å². The van der Waals surface area contributed by atoms with E-state index in [-0.39, 0.29) is 5.78 Å². The molecule has 0 unspecified atom stereocenters. The molecule has 0 aliphatic rings. The topological polar surface area (TPSA) is 17.1 Å². The molecule has 0 aliphatic heterocycles. The fourth-order valence-corrected chi connectivity index (χ4v) is 0.922. The minimum Gasteiger partial charge on any atom is -0.295 e. The van der Waals surface area contributed by atoms with Gasteiger partial charge < -0.3 is 0 Å². The Bertz CT molecular complexity index is 219. The highest BCUT2D eigenvalue weighted by Gasteiger charge is 2.00. The van der Waals surface area contributed by atoms with E-state index in [2.05, 4.69) is 6.58 Å². The summed E-state index contributed by atoms with van der Waals surface area (Å²) in [5.41, 5.74) is 1.66. The van der Waals surface area contributed by atoms with Crippen LogP contribution in [0.15, 0.2) is 36.0 Å². The van der Waals surface area contributed by atoms with E-state index in [1.54, 1.807) is 13.0 Å². The van der Waals surface area contributed by atoms with Crippen molar-refractivity contribution in [3.8, 4) is 0 Å². The molecule has 0 saturated carbocycles. The number of carbonyl (C=O) groups excluding carboxylic acids is 1. The highest BCUT2D eigenvalue weighted by atomic mass is 16.1. The molecule has 0 aromatic rings. The summed E-state index contributed by atoms with van der Waals surface area (Å²) in [7, 11) is 0. The summed E-state index contributed by atoms with van der Waals surface area (Å²) in [6.45, 7) is 12.9. The average molecular weight is 180 g/mol. The van der Waals surface area contributed by atoms with Gasteiger partial charge in [0.1, 0.15) is 0 Å². The molecule has 0 heterocycles. The first kappa shape index (κ1) is 14.4. The van der Waals surface area contributed by atoms with E-state index in [1.807, 2.05) is 39.8 Å². The van der Waals surface area contributed by atoms with Crippen LogP contribution in [0.1, 0.15) is 34.6 Å². The standard InChI is InChI=1S/C10H14O.C2H6/c1-5-7-8(3)10(6-2)9(4)11;1-2/h5-7H,2H2,1,3-4H3;1-2H3/b7-5-,10-8+;. The maximum Gasteiger partial charge on any atom is 0.160 e. The smallest absolute Gasteiger partial charge is 0.160 e. The van der Waals surface area contributed by atoms with Crippen LogP contribution in [-0.2, 0) is 4.79 Å². The molecule has 0 amide bonds. The van der Waals surface area contributed by atoms with Gasteiger partial charge in [0.05, 0.1) is 0 Å². The lowest BCUT2D eigenvalue weighted by Crippen LogP contribution is -1.95. The van der Waals surface area contributed by atoms with Crippen molar-refractivity contribution in [3.63, 3.8) is 0 Å². The molecule has 13 heavy (non-hydrogen) atoms. The maximum atomic E-state index is 10.9. The van der Waals surface area contributed by atoms with Crippen molar-refractivity contribution in [1.29, 1.82) is 0 Å². The molecular weight excluding hydrogens is 160 g/mol. The Morgan fingerprint density at radius 1 is 1.23 bits per heavy atom. The number of allylic oxidation sites excluding steroid dienone is 5. The van der Waals surface area contributed by atoms with Crippen LogP contribution >= 0.6 is 0 Å². The quantitative estimate of drug-likeness (QED) is 0.478. The zero-order valence-corrected chi connectivity index (χ0v) is 9.35. The Kier molecular flexibility index (Phi) is 9.96. The first-order chi connectivity index (χ1) is 6.13. The molecule has 0 N–H and O–H groups in total. The largest absolute Gasteiger partial charge is 0.295 e. The second-order valence-electron chi connectivity index (χ2n) is 2.36. The molecule has 1 nitrogen and oxygen atoms in total. The molecule has 0 aromatic carbocycles. The minimum absolute atomic E-state index is 0.0654. The summed E-state index contributed by atoms with van der Waals surface area (Å²) in [6.07, 6.45) is 5.40. The Hall–Kier alpha value is -1.11. The van der Waals surface area contributed by atoms with Gasteiger partial charge >= 0.3 is 0 Å². The number of ketones is 1. The zero-order chi connectivity index (χ0) is 10.9. The fraction of sp³-hybridized carbons (Fsp3) is 0.417. The van der Waals surface area contributed by atoms with Crippen LogP contribution in [0.2, 0.25) is 0 Å². The monoisotopic (exact) mass is 180 g/mol. The third kappa shape index (κ3) is 6.09. The molecule has 0 fully saturated rings. The van der Waals surface area contributed by atoms with E-state index in [4.69, 9.17) is 0 Å². The Morgan fingerprint density at radius 3 is 1.92 bits per heavy atom. The van der Waals surface area contributed by atoms with E-state index >= 15 is 0 Å². The van der Waals surface area contributed by atoms with Crippen molar-refractivity contribution in [2.45, 2.75) is 34.6 Å². The highest BCUT2D eigenvalue weighted by molar-refractivity contribution is 5.97. The van der Waals surface area contributed by atoms with Crippen LogP contribution in [0.3, 0.4) is 0 Å².